The molecular formula is C2H8SSi2. The van der Waals surface area contributed by atoms with Gasteiger partial charge in [-0.25, -0.2) is 10.7 Å². The molecule has 0 saturated carbocycles. The normalized spacial score (nSPS) is 10.4. The molecule has 0 atom stereocenters. The van der Waals surface area contributed by atoms with Crippen molar-refractivity contribution >= 4 is 28.7 Å². The van der Waals surface area contributed by atoms with E-state index in [0.29, 0.717) is 0 Å². The van der Waals surface area contributed by atoms with Crippen LogP contribution in [0.2, 0.25) is 0 Å². The highest BCUT2D eigenvalue weighted by Crippen LogP contribution is 1.80. The standard InChI is InChI=1S/C2H8SSi2/c1-2-5-3-4/h2H,1,5H2,4H3. The molecule has 0 heterocycles. The van der Waals surface area contributed by atoms with Crippen LogP contribution in [0.3, 0.4) is 0 Å². The zero-order valence-corrected chi connectivity index (χ0v) is 7.63. The van der Waals surface area contributed by atoms with Crippen LogP contribution in [0.25, 0.3) is 0 Å². The van der Waals surface area contributed by atoms with Crippen LogP contribution >= 0.6 is 10.7 Å². The Morgan fingerprint density at radius 3 is 2.60 bits per heavy atom. The van der Waals surface area contributed by atoms with E-state index in [4.69, 9.17) is 0 Å². The van der Waals surface area contributed by atoms with E-state index in [1.54, 1.807) is 0 Å². The van der Waals surface area contributed by atoms with E-state index in [2.05, 4.69) is 22.9 Å². The first-order valence-corrected chi connectivity index (χ1v) is 7.91. The summed E-state index contributed by atoms with van der Waals surface area (Å²) in [6, 6.07) is 0. The van der Waals surface area contributed by atoms with Gasteiger partial charge < -0.3 is 0 Å². The van der Waals surface area contributed by atoms with Crippen molar-refractivity contribution in [1.82, 2.24) is 0 Å². The molecular weight excluding hydrogens is 112 g/mol. The van der Waals surface area contributed by atoms with Gasteiger partial charge in [0, 0.05) is 0 Å². The quantitative estimate of drug-likeness (QED) is 0.431. The Bertz CT molecular complexity index is 28.8. The van der Waals surface area contributed by atoms with E-state index in [-0.39, 0.29) is 8.67 Å². The first-order chi connectivity index (χ1) is 2.41. The van der Waals surface area contributed by atoms with Crippen LogP contribution in [0.1, 0.15) is 0 Å². The molecule has 0 aliphatic heterocycles. The molecule has 0 N–H and O–H groups in total. The lowest BCUT2D eigenvalue weighted by atomic mass is 11.3. The summed E-state index contributed by atoms with van der Waals surface area (Å²) in [5.41, 5.74) is 2.07. The Hall–Kier alpha value is 0.524. The van der Waals surface area contributed by atoms with Gasteiger partial charge >= 0.3 is 0 Å². The average Bonchev–Trinajstić information content (AvgIpc) is 1.41. The fraction of sp³-hybridized carbons (Fsp3) is 0. The highest BCUT2D eigenvalue weighted by Gasteiger charge is 1.63. The van der Waals surface area contributed by atoms with Crippen LogP contribution < -0.4 is 0 Å². The number of hydrogen-bond acceptors (Lipinski definition) is 1. The van der Waals surface area contributed by atoms with Gasteiger partial charge in [0.2, 0.25) is 0 Å². The monoisotopic (exact) mass is 120 g/mol. The largest absolute Gasteiger partial charge is 0.220 e. The third-order valence-electron chi connectivity index (χ3n) is 0.285. The molecule has 0 fully saturated rings. The summed E-state index contributed by atoms with van der Waals surface area (Å²) in [7, 11) is 3.54. The number of rotatable bonds is 2. The van der Waals surface area contributed by atoms with E-state index >= 15 is 0 Å². The second-order valence-electron chi connectivity index (χ2n) is 0.744. The van der Waals surface area contributed by atoms with E-state index in [1.807, 2.05) is 0 Å². The van der Waals surface area contributed by atoms with Crippen molar-refractivity contribution in [2.45, 2.75) is 0 Å². The summed E-state index contributed by atoms with van der Waals surface area (Å²) in [5, 5.41) is 0. The highest BCUT2D eigenvalue weighted by atomic mass is 32.5. The molecule has 3 heteroatoms. The lowest BCUT2D eigenvalue weighted by Crippen LogP contribution is -1.67. The fourth-order valence-corrected chi connectivity index (χ4v) is 3.18. The van der Waals surface area contributed by atoms with Crippen molar-refractivity contribution in [3.8, 4) is 0 Å². The molecule has 0 aromatic carbocycles. The first-order valence-electron chi connectivity index (χ1n) is 1.51. The van der Waals surface area contributed by atoms with Gasteiger partial charge in [0.15, 0.2) is 0 Å². The summed E-state index contributed by atoms with van der Waals surface area (Å²) in [6.07, 6.45) is 0. The maximum absolute atomic E-state index is 3.61. The van der Waals surface area contributed by atoms with Crippen LogP contribution in [0, 0.1) is 0 Å². The minimum absolute atomic E-state index is 0.174. The van der Waals surface area contributed by atoms with Crippen LogP contribution in [-0.4, -0.2) is 18.1 Å². The maximum atomic E-state index is 3.61. The maximum Gasteiger partial charge on any atom is 0.0995 e. The van der Waals surface area contributed by atoms with Crippen LogP contribution in [0.4, 0.5) is 0 Å². The predicted molar refractivity (Wildman–Crippen MR) is 36.3 cm³/mol. The minimum atomic E-state index is 0.174. The molecule has 0 saturated heterocycles. The van der Waals surface area contributed by atoms with Crippen molar-refractivity contribution in [1.29, 1.82) is 0 Å². The highest BCUT2D eigenvalue weighted by molar-refractivity contribution is 8.38. The molecule has 0 radical (unpaired) electrons. The lowest BCUT2D eigenvalue weighted by molar-refractivity contribution is 2.61. The topological polar surface area (TPSA) is 0 Å². The number of hydrogen-bond donors (Lipinski definition) is 0. The van der Waals surface area contributed by atoms with E-state index in [1.165, 1.54) is 9.39 Å². The SMILES string of the molecule is C=C[SiH2]S[SiH3]. The minimum Gasteiger partial charge on any atom is -0.220 e. The Morgan fingerprint density at radius 1 is 2.00 bits per heavy atom. The predicted octanol–water partition coefficient (Wildman–Crippen LogP) is -0.773. The van der Waals surface area contributed by atoms with Crippen molar-refractivity contribution in [2.24, 2.45) is 0 Å². The zero-order valence-electron chi connectivity index (χ0n) is 3.40. The van der Waals surface area contributed by atoms with Gasteiger partial charge in [-0.2, -0.15) is 0 Å². The smallest absolute Gasteiger partial charge is 0.0995 e. The Balaban J connectivity index is 2.40. The van der Waals surface area contributed by atoms with E-state index in [9.17, 15) is 0 Å². The summed E-state index contributed by atoms with van der Waals surface area (Å²) in [4.78, 5) is 0. The van der Waals surface area contributed by atoms with Crippen molar-refractivity contribution in [2.75, 3.05) is 0 Å². The van der Waals surface area contributed by atoms with Crippen LogP contribution in [0.15, 0.2) is 12.3 Å². The van der Waals surface area contributed by atoms with Gasteiger partial charge in [-0.1, -0.05) is 5.70 Å². The van der Waals surface area contributed by atoms with Crippen LogP contribution in [0.5, 0.6) is 0 Å². The van der Waals surface area contributed by atoms with Crippen LogP contribution in [-0.2, 0) is 0 Å². The van der Waals surface area contributed by atoms with Gasteiger partial charge in [0.05, 0.1) is 18.1 Å². The Labute approximate surface area is 41.6 Å². The van der Waals surface area contributed by atoms with Crippen molar-refractivity contribution < 1.29 is 0 Å². The summed E-state index contributed by atoms with van der Waals surface area (Å²) in [5.74, 6) is 0. The van der Waals surface area contributed by atoms with E-state index < -0.39 is 0 Å². The van der Waals surface area contributed by atoms with Gasteiger partial charge in [-0.15, -0.1) is 6.58 Å². The van der Waals surface area contributed by atoms with E-state index in [0.717, 1.165) is 0 Å². The van der Waals surface area contributed by atoms with Gasteiger partial charge in [0.1, 0.15) is 0 Å². The second-order valence-corrected chi connectivity index (χ2v) is 10.2. The Kier molecular flexibility index (Phi) is 5.00. The molecule has 0 nitrogen and oxygen atoms in total. The second kappa shape index (κ2) is 4.52. The molecule has 0 aromatic rings. The molecule has 0 unspecified atom stereocenters. The third-order valence-corrected chi connectivity index (χ3v) is 5.56. The zero-order chi connectivity index (χ0) is 4.12. The van der Waals surface area contributed by atoms with Crippen molar-refractivity contribution in [3.63, 3.8) is 0 Å². The van der Waals surface area contributed by atoms with Gasteiger partial charge in [-0.3, -0.25) is 0 Å². The lowest BCUT2D eigenvalue weighted by Gasteiger charge is -1.72. The molecule has 5 heavy (non-hydrogen) atoms. The molecule has 0 aliphatic carbocycles. The third kappa shape index (κ3) is 4.52. The summed E-state index contributed by atoms with van der Waals surface area (Å²) in [6.45, 7) is 3.61. The molecule has 0 aromatic heterocycles. The average molecular weight is 120 g/mol. The molecule has 0 aliphatic rings. The summed E-state index contributed by atoms with van der Waals surface area (Å²) >= 11 is 0. The van der Waals surface area contributed by atoms with Crippen molar-refractivity contribution in [3.05, 3.63) is 12.3 Å². The molecule has 0 spiro atoms. The molecule has 30 valence electrons. The first kappa shape index (κ1) is 5.52. The van der Waals surface area contributed by atoms with Gasteiger partial charge in [-0.05, 0) is 0 Å². The fourth-order valence-electron chi connectivity index (χ4n) is 0.118. The molecule has 0 amide bonds. The van der Waals surface area contributed by atoms with Gasteiger partial charge in [0.25, 0.3) is 0 Å². The molecule has 0 rings (SSSR count). The molecule has 0 bridgehead atoms. The Morgan fingerprint density at radius 2 is 2.60 bits per heavy atom. The summed E-state index contributed by atoms with van der Waals surface area (Å²) < 4.78 is 0.